The number of anilines is 2. The van der Waals surface area contributed by atoms with E-state index in [-0.39, 0.29) is 23.8 Å². The summed E-state index contributed by atoms with van der Waals surface area (Å²) in [5.41, 5.74) is -0.581. The summed E-state index contributed by atoms with van der Waals surface area (Å²) in [7, 11) is 1.45. The zero-order valence-electron chi connectivity index (χ0n) is 16.0. The molecule has 2 aromatic rings. The molecule has 0 aliphatic carbocycles. The molecule has 0 spiro atoms. The Labute approximate surface area is 172 Å². The maximum absolute atomic E-state index is 13.0. The third-order valence-corrected chi connectivity index (χ3v) is 4.03. The topological polar surface area (TPSA) is 132 Å². The molecule has 1 N–H and O–H groups in total. The van der Waals surface area contributed by atoms with Gasteiger partial charge in [0.1, 0.15) is 5.75 Å². The van der Waals surface area contributed by atoms with Crippen LogP contribution in [0.1, 0.15) is 6.92 Å². The minimum Gasteiger partial charge on any atom is -0.406 e. The maximum atomic E-state index is 13.0. The number of aliphatic imine (C=N–C) groups is 1. The number of imide groups is 1. The van der Waals surface area contributed by atoms with Gasteiger partial charge in [-0.1, -0.05) is 11.2 Å². The molecular weight excluding hydrogens is 423 g/mol. The summed E-state index contributed by atoms with van der Waals surface area (Å²) in [6, 6.07) is 4.03. The first-order valence-corrected chi connectivity index (χ1v) is 8.58. The minimum absolute atomic E-state index is 0.0671. The van der Waals surface area contributed by atoms with Crippen molar-refractivity contribution in [1.29, 1.82) is 0 Å². The predicted molar refractivity (Wildman–Crippen MR) is 99.1 cm³/mol. The number of alkyl halides is 3. The highest BCUT2D eigenvalue weighted by Crippen LogP contribution is 2.27. The number of carbonyl (C=O) groups excluding carboxylic acids is 3. The molecule has 1 aromatic carbocycles. The number of carbonyl (C=O) groups is 3. The van der Waals surface area contributed by atoms with Crippen LogP contribution in [0.15, 0.2) is 40.9 Å². The lowest BCUT2D eigenvalue weighted by Crippen LogP contribution is -2.44. The first kappa shape index (κ1) is 21.6. The van der Waals surface area contributed by atoms with Crippen molar-refractivity contribution in [3.8, 4) is 5.75 Å². The van der Waals surface area contributed by atoms with Gasteiger partial charge in [-0.2, -0.15) is 0 Å². The van der Waals surface area contributed by atoms with E-state index in [0.29, 0.717) is 4.90 Å². The smallest absolute Gasteiger partial charge is 0.406 e. The number of nitrogens with one attached hydrogen (secondary N) is 1. The van der Waals surface area contributed by atoms with Crippen LogP contribution in [0.5, 0.6) is 5.75 Å². The second kappa shape index (κ2) is 8.33. The number of rotatable bonds is 4. The molecule has 3 amide bonds. The molecule has 31 heavy (non-hydrogen) atoms. The first-order valence-electron chi connectivity index (χ1n) is 8.58. The molecule has 0 radical (unpaired) electrons. The summed E-state index contributed by atoms with van der Waals surface area (Å²) in [5.74, 6) is -3.42. The molecule has 0 bridgehead atoms. The van der Waals surface area contributed by atoms with Crippen LogP contribution in [-0.4, -0.2) is 56.5 Å². The van der Waals surface area contributed by atoms with Crippen LogP contribution in [0.3, 0.4) is 0 Å². The molecule has 14 heteroatoms. The van der Waals surface area contributed by atoms with Gasteiger partial charge in [0, 0.05) is 12.6 Å². The second-order valence-electron chi connectivity index (χ2n) is 6.05. The van der Waals surface area contributed by atoms with Crippen molar-refractivity contribution in [3.63, 3.8) is 0 Å². The fraction of sp³-hybridized carbons (Fsp3) is 0.235. The maximum Gasteiger partial charge on any atom is 0.573 e. The van der Waals surface area contributed by atoms with Gasteiger partial charge in [0.2, 0.25) is 5.95 Å². The summed E-state index contributed by atoms with van der Waals surface area (Å²) >= 11 is 0. The van der Waals surface area contributed by atoms with Gasteiger partial charge in [-0.15, -0.1) is 13.2 Å². The molecule has 1 aromatic heterocycles. The van der Waals surface area contributed by atoms with E-state index in [4.69, 9.17) is 0 Å². The van der Waals surface area contributed by atoms with Gasteiger partial charge in [0.25, 0.3) is 17.7 Å². The Morgan fingerprint density at radius 2 is 1.87 bits per heavy atom. The van der Waals surface area contributed by atoms with Crippen molar-refractivity contribution in [2.75, 3.05) is 16.8 Å². The zero-order valence-corrected chi connectivity index (χ0v) is 16.0. The Kier molecular flexibility index (Phi) is 5.81. The summed E-state index contributed by atoms with van der Waals surface area (Å²) in [4.78, 5) is 43.0. The average molecular weight is 437 g/mol. The minimum atomic E-state index is -4.90. The van der Waals surface area contributed by atoms with Crippen molar-refractivity contribution >= 4 is 35.1 Å². The van der Waals surface area contributed by atoms with Crippen LogP contribution in [0, 0.1) is 0 Å². The Morgan fingerprint density at radius 1 is 1.19 bits per heavy atom. The molecule has 0 unspecified atom stereocenters. The van der Waals surface area contributed by atoms with Gasteiger partial charge >= 0.3 is 6.36 Å². The van der Waals surface area contributed by atoms with Gasteiger partial charge in [-0.3, -0.25) is 24.7 Å². The number of aryl methyl sites for hydroxylation is 1. The van der Waals surface area contributed by atoms with Gasteiger partial charge in [0.05, 0.1) is 12.2 Å². The molecule has 162 valence electrons. The standard InChI is InChI=1S/C17H14F3N7O4/c1-3-9-8-21-12(13(28)22-16-23-24-25-26(16)2)15(30)27(14(9)29)10-4-6-11(7-5-10)31-17(18,19)20/h3-7H,8H2,1-2H3,(H,22,23,25,28). The highest BCUT2D eigenvalue weighted by Gasteiger charge is 2.36. The van der Waals surface area contributed by atoms with Crippen molar-refractivity contribution in [2.45, 2.75) is 13.3 Å². The van der Waals surface area contributed by atoms with E-state index in [2.05, 4.69) is 30.6 Å². The molecule has 0 saturated heterocycles. The Bertz CT molecular complexity index is 1090. The number of nitrogens with zero attached hydrogens (tertiary/aromatic N) is 6. The number of halogens is 3. The number of allylic oxidation sites excluding steroid dienone is 1. The van der Waals surface area contributed by atoms with Gasteiger partial charge < -0.3 is 4.74 Å². The monoisotopic (exact) mass is 437 g/mol. The fourth-order valence-electron chi connectivity index (χ4n) is 2.55. The molecular formula is C17H14F3N7O4. The van der Waals surface area contributed by atoms with Crippen LogP contribution in [0.2, 0.25) is 0 Å². The third-order valence-electron chi connectivity index (χ3n) is 4.03. The number of hydrogen-bond acceptors (Lipinski definition) is 8. The SMILES string of the molecule is CC=C1CN=C(C(=O)Nc2nnnn2C)C(=O)N(c2ccc(OC(F)(F)F)cc2)C1=O. The molecule has 1 aliphatic rings. The highest BCUT2D eigenvalue weighted by molar-refractivity contribution is 6.71. The number of aromatic nitrogens is 4. The highest BCUT2D eigenvalue weighted by atomic mass is 19.4. The first-order chi connectivity index (χ1) is 14.6. The van der Waals surface area contributed by atoms with E-state index in [1.807, 2.05) is 0 Å². The number of amides is 3. The van der Waals surface area contributed by atoms with Crippen molar-refractivity contribution in [2.24, 2.45) is 12.0 Å². The lowest BCUT2D eigenvalue weighted by atomic mass is 10.2. The quantitative estimate of drug-likeness (QED) is 0.558. The molecule has 0 saturated carbocycles. The van der Waals surface area contributed by atoms with Crippen molar-refractivity contribution < 1.29 is 32.3 Å². The molecule has 3 rings (SSSR count). The zero-order chi connectivity index (χ0) is 22.8. The predicted octanol–water partition coefficient (Wildman–Crippen LogP) is 1.01. The normalized spacial score (nSPS) is 16.2. The van der Waals surface area contributed by atoms with Crippen LogP contribution >= 0.6 is 0 Å². The van der Waals surface area contributed by atoms with E-state index in [1.165, 1.54) is 13.1 Å². The number of tetrazole rings is 1. The van der Waals surface area contributed by atoms with Gasteiger partial charge in [0.15, 0.2) is 5.71 Å². The van der Waals surface area contributed by atoms with E-state index >= 15 is 0 Å². The van der Waals surface area contributed by atoms with Crippen molar-refractivity contribution in [3.05, 3.63) is 35.9 Å². The molecule has 11 nitrogen and oxygen atoms in total. The van der Waals surface area contributed by atoms with E-state index in [1.54, 1.807) is 6.92 Å². The molecule has 0 atom stereocenters. The summed E-state index contributed by atoms with van der Waals surface area (Å²) in [6.07, 6.45) is -3.48. The number of hydrogen-bond donors (Lipinski definition) is 1. The third kappa shape index (κ3) is 4.73. The molecule has 0 fully saturated rings. The van der Waals surface area contributed by atoms with Crippen LogP contribution in [0.4, 0.5) is 24.8 Å². The van der Waals surface area contributed by atoms with E-state index < -0.39 is 35.5 Å². The number of ether oxygens (including phenoxy) is 1. The average Bonchev–Trinajstić information content (AvgIpc) is 3.04. The van der Waals surface area contributed by atoms with E-state index in [0.717, 1.165) is 28.9 Å². The van der Waals surface area contributed by atoms with Crippen LogP contribution < -0.4 is 15.0 Å². The lowest BCUT2D eigenvalue weighted by molar-refractivity contribution is -0.274. The lowest BCUT2D eigenvalue weighted by Gasteiger charge is -2.20. The van der Waals surface area contributed by atoms with Gasteiger partial charge in [-0.25, -0.2) is 9.58 Å². The number of benzene rings is 1. The van der Waals surface area contributed by atoms with Crippen LogP contribution in [0.25, 0.3) is 0 Å². The van der Waals surface area contributed by atoms with Crippen LogP contribution in [-0.2, 0) is 21.4 Å². The Morgan fingerprint density at radius 3 is 2.42 bits per heavy atom. The largest absolute Gasteiger partial charge is 0.573 e. The fourth-order valence-corrected chi connectivity index (χ4v) is 2.55. The van der Waals surface area contributed by atoms with Crippen molar-refractivity contribution in [1.82, 2.24) is 20.2 Å². The van der Waals surface area contributed by atoms with E-state index in [9.17, 15) is 27.6 Å². The summed E-state index contributed by atoms with van der Waals surface area (Å²) in [5, 5.41) is 12.8. The van der Waals surface area contributed by atoms with Gasteiger partial charge in [-0.05, 0) is 41.6 Å². The summed E-state index contributed by atoms with van der Waals surface area (Å²) < 4.78 is 42.0. The second-order valence-corrected chi connectivity index (χ2v) is 6.05. The Hall–Kier alpha value is -4.10. The Balaban J connectivity index is 1.94. The molecule has 1 aliphatic heterocycles. The molecule has 2 heterocycles. The summed E-state index contributed by atoms with van der Waals surface area (Å²) in [6.45, 7) is 1.29.